The van der Waals surface area contributed by atoms with Crippen LogP contribution in [0.3, 0.4) is 0 Å². The normalized spacial score (nSPS) is 17.9. The zero-order valence-corrected chi connectivity index (χ0v) is 13.7. The molecule has 0 radical (unpaired) electrons. The SMILES string of the molecule is Cc1noc(C)c1CC(=O)NCC1CCCN1c1nccs1. The molecular weight excluding hydrogens is 300 g/mol. The van der Waals surface area contributed by atoms with E-state index in [0.29, 0.717) is 19.0 Å². The van der Waals surface area contributed by atoms with Crippen molar-refractivity contribution in [3.63, 3.8) is 0 Å². The lowest BCUT2D eigenvalue weighted by molar-refractivity contribution is -0.120. The van der Waals surface area contributed by atoms with E-state index < -0.39 is 0 Å². The molecule has 0 saturated carbocycles. The molecule has 7 heteroatoms. The lowest BCUT2D eigenvalue weighted by atomic mass is 10.1. The number of aryl methyl sites for hydroxylation is 2. The predicted octanol–water partition coefficient (Wildman–Crippen LogP) is 2.08. The molecule has 1 aliphatic rings. The van der Waals surface area contributed by atoms with Gasteiger partial charge in [-0.05, 0) is 26.7 Å². The van der Waals surface area contributed by atoms with Gasteiger partial charge >= 0.3 is 0 Å². The van der Waals surface area contributed by atoms with Crippen molar-refractivity contribution < 1.29 is 9.32 Å². The Morgan fingerprint density at radius 3 is 3.09 bits per heavy atom. The van der Waals surface area contributed by atoms with Crippen LogP contribution in [0.1, 0.15) is 29.9 Å². The topological polar surface area (TPSA) is 71.3 Å². The second-order valence-electron chi connectivity index (χ2n) is 5.59. The predicted molar refractivity (Wildman–Crippen MR) is 85.2 cm³/mol. The van der Waals surface area contributed by atoms with E-state index >= 15 is 0 Å². The third kappa shape index (κ3) is 3.14. The molecule has 1 saturated heterocycles. The maximum atomic E-state index is 12.2. The van der Waals surface area contributed by atoms with Crippen molar-refractivity contribution in [3.8, 4) is 0 Å². The first-order valence-corrected chi connectivity index (χ1v) is 8.37. The van der Waals surface area contributed by atoms with Gasteiger partial charge in [-0.25, -0.2) is 4.98 Å². The molecule has 0 aliphatic carbocycles. The molecule has 1 aliphatic heterocycles. The van der Waals surface area contributed by atoms with Crippen LogP contribution in [-0.4, -0.2) is 35.2 Å². The van der Waals surface area contributed by atoms with Gasteiger partial charge in [-0.1, -0.05) is 5.16 Å². The second-order valence-corrected chi connectivity index (χ2v) is 6.46. The summed E-state index contributed by atoms with van der Waals surface area (Å²) in [5.41, 5.74) is 1.68. The number of carbonyl (C=O) groups excluding carboxylic acids is 1. The molecular formula is C15H20N4O2S. The monoisotopic (exact) mass is 320 g/mol. The molecule has 3 rings (SSSR count). The molecule has 1 atom stereocenters. The van der Waals surface area contributed by atoms with E-state index in [1.54, 1.807) is 11.3 Å². The van der Waals surface area contributed by atoms with Crippen molar-refractivity contribution in [1.29, 1.82) is 0 Å². The molecule has 1 fully saturated rings. The Kier molecular flexibility index (Phi) is 4.42. The molecule has 2 aromatic heterocycles. The summed E-state index contributed by atoms with van der Waals surface area (Å²) in [6.07, 6.45) is 4.38. The van der Waals surface area contributed by atoms with Crippen molar-refractivity contribution in [2.24, 2.45) is 0 Å². The van der Waals surface area contributed by atoms with Crippen LogP contribution in [0.2, 0.25) is 0 Å². The number of amides is 1. The minimum atomic E-state index is 0.0142. The summed E-state index contributed by atoms with van der Waals surface area (Å²) in [6, 6.07) is 0.333. The van der Waals surface area contributed by atoms with Gasteiger partial charge in [0, 0.05) is 36.3 Å². The second kappa shape index (κ2) is 6.48. The van der Waals surface area contributed by atoms with Crippen LogP contribution >= 0.6 is 11.3 Å². The number of thiazole rings is 1. The molecule has 6 nitrogen and oxygen atoms in total. The molecule has 0 bridgehead atoms. The molecule has 118 valence electrons. The zero-order valence-electron chi connectivity index (χ0n) is 12.8. The standard InChI is InChI=1S/C15H20N4O2S/c1-10-13(11(2)21-18-10)8-14(20)17-9-12-4-3-6-19(12)15-16-5-7-22-15/h5,7,12H,3-4,6,8-9H2,1-2H3,(H,17,20). The maximum absolute atomic E-state index is 12.2. The van der Waals surface area contributed by atoms with Crippen molar-refractivity contribution in [2.45, 2.75) is 39.2 Å². The maximum Gasteiger partial charge on any atom is 0.224 e. The van der Waals surface area contributed by atoms with Crippen LogP contribution in [0.15, 0.2) is 16.1 Å². The molecule has 1 unspecified atom stereocenters. The number of hydrogen-bond acceptors (Lipinski definition) is 6. The first kappa shape index (κ1) is 15.0. The highest BCUT2D eigenvalue weighted by atomic mass is 32.1. The third-order valence-corrected chi connectivity index (χ3v) is 4.90. The average molecular weight is 320 g/mol. The summed E-state index contributed by atoms with van der Waals surface area (Å²) >= 11 is 1.65. The fourth-order valence-corrected chi connectivity index (χ4v) is 3.61. The van der Waals surface area contributed by atoms with Gasteiger partial charge in [0.1, 0.15) is 5.76 Å². The van der Waals surface area contributed by atoms with E-state index in [9.17, 15) is 4.79 Å². The van der Waals surface area contributed by atoms with Crippen LogP contribution < -0.4 is 10.2 Å². The van der Waals surface area contributed by atoms with E-state index in [1.165, 1.54) is 0 Å². The van der Waals surface area contributed by atoms with Gasteiger partial charge in [0.25, 0.3) is 0 Å². The number of hydrogen-bond donors (Lipinski definition) is 1. The highest BCUT2D eigenvalue weighted by Gasteiger charge is 2.26. The minimum Gasteiger partial charge on any atom is -0.361 e. The Labute approximate surface area is 133 Å². The number of aromatic nitrogens is 2. The minimum absolute atomic E-state index is 0.0142. The Bertz CT molecular complexity index is 619. The first-order chi connectivity index (χ1) is 10.6. The third-order valence-electron chi connectivity index (χ3n) is 4.10. The summed E-state index contributed by atoms with van der Waals surface area (Å²) in [6.45, 7) is 5.36. The number of nitrogens with zero attached hydrogens (tertiary/aromatic N) is 3. The summed E-state index contributed by atoms with van der Waals surface area (Å²) in [5, 5.41) is 9.95. The lowest BCUT2D eigenvalue weighted by Crippen LogP contribution is -2.40. The van der Waals surface area contributed by atoms with Gasteiger partial charge in [0.2, 0.25) is 5.91 Å². The Morgan fingerprint density at radius 2 is 2.41 bits per heavy atom. The fourth-order valence-electron chi connectivity index (χ4n) is 2.87. The summed E-state index contributed by atoms with van der Waals surface area (Å²) in [4.78, 5) is 18.8. The molecule has 22 heavy (non-hydrogen) atoms. The van der Waals surface area contributed by atoms with E-state index in [1.807, 2.05) is 25.4 Å². The summed E-state index contributed by atoms with van der Waals surface area (Å²) in [7, 11) is 0. The van der Waals surface area contributed by atoms with E-state index in [0.717, 1.165) is 41.5 Å². The molecule has 2 aromatic rings. The van der Waals surface area contributed by atoms with Crippen LogP contribution in [0.4, 0.5) is 5.13 Å². The largest absolute Gasteiger partial charge is 0.361 e. The average Bonchev–Trinajstić information content (AvgIpc) is 3.21. The fraction of sp³-hybridized carbons (Fsp3) is 0.533. The van der Waals surface area contributed by atoms with Crippen LogP contribution in [0, 0.1) is 13.8 Å². The lowest BCUT2D eigenvalue weighted by Gasteiger charge is -2.24. The van der Waals surface area contributed by atoms with Gasteiger partial charge in [-0.2, -0.15) is 0 Å². The smallest absolute Gasteiger partial charge is 0.224 e. The Balaban J connectivity index is 1.55. The Morgan fingerprint density at radius 1 is 1.55 bits per heavy atom. The number of nitrogens with one attached hydrogen (secondary N) is 1. The molecule has 1 N–H and O–H groups in total. The van der Waals surface area contributed by atoms with E-state index in [4.69, 9.17) is 4.52 Å². The van der Waals surface area contributed by atoms with Crippen molar-refractivity contribution in [3.05, 3.63) is 28.6 Å². The molecule has 3 heterocycles. The van der Waals surface area contributed by atoms with E-state index in [-0.39, 0.29) is 5.91 Å². The number of rotatable bonds is 5. The first-order valence-electron chi connectivity index (χ1n) is 7.49. The van der Waals surface area contributed by atoms with E-state index in [2.05, 4.69) is 20.4 Å². The molecule has 1 amide bonds. The van der Waals surface area contributed by atoms with Crippen LogP contribution in [0.5, 0.6) is 0 Å². The van der Waals surface area contributed by atoms with Crippen molar-refractivity contribution in [1.82, 2.24) is 15.5 Å². The quantitative estimate of drug-likeness (QED) is 0.913. The highest BCUT2D eigenvalue weighted by Crippen LogP contribution is 2.26. The van der Waals surface area contributed by atoms with Crippen LogP contribution in [-0.2, 0) is 11.2 Å². The van der Waals surface area contributed by atoms with Gasteiger partial charge in [0.15, 0.2) is 5.13 Å². The molecule has 0 spiro atoms. The number of carbonyl (C=O) groups is 1. The summed E-state index contributed by atoms with van der Waals surface area (Å²) in [5.74, 6) is 0.735. The Hall–Kier alpha value is -1.89. The summed E-state index contributed by atoms with van der Waals surface area (Å²) < 4.78 is 5.09. The zero-order chi connectivity index (χ0) is 15.5. The number of anilines is 1. The van der Waals surface area contributed by atoms with Crippen LogP contribution in [0.25, 0.3) is 0 Å². The van der Waals surface area contributed by atoms with Gasteiger partial charge in [-0.3, -0.25) is 4.79 Å². The van der Waals surface area contributed by atoms with Gasteiger partial charge in [0.05, 0.1) is 12.1 Å². The molecule has 0 aromatic carbocycles. The van der Waals surface area contributed by atoms with Crippen molar-refractivity contribution in [2.75, 3.05) is 18.0 Å². The van der Waals surface area contributed by atoms with Crippen molar-refractivity contribution >= 4 is 22.4 Å². The van der Waals surface area contributed by atoms with Gasteiger partial charge in [-0.15, -0.1) is 11.3 Å². The highest BCUT2D eigenvalue weighted by molar-refractivity contribution is 7.13. The van der Waals surface area contributed by atoms with Gasteiger partial charge < -0.3 is 14.7 Å².